The van der Waals surface area contributed by atoms with Gasteiger partial charge >= 0.3 is 0 Å². The van der Waals surface area contributed by atoms with Crippen molar-refractivity contribution in [3.05, 3.63) is 0 Å². The van der Waals surface area contributed by atoms with E-state index in [1.165, 1.54) is 0 Å². The van der Waals surface area contributed by atoms with Crippen molar-refractivity contribution in [1.82, 2.24) is 4.90 Å². The molecule has 0 fully saturated rings. The Labute approximate surface area is 75.3 Å². The lowest BCUT2D eigenvalue weighted by Crippen LogP contribution is -2.35. The van der Waals surface area contributed by atoms with E-state index in [4.69, 9.17) is 9.84 Å². The molecule has 0 amide bonds. The predicted molar refractivity (Wildman–Crippen MR) is 50.2 cm³/mol. The minimum atomic E-state index is -0.0114. The van der Waals surface area contributed by atoms with Crippen LogP contribution in [0.1, 0.15) is 13.8 Å². The number of hydrogen-bond acceptors (Lipinski definition) is 3. The van der Waals surface area contributed by atoms with Crippen molar-refractivity contribution in [3.8, 4) is 0 Å². The van der Waals surface area contributed by atoms with Crippen LogP contribution >= 0.6 is 0 Å². The Morgan fingerprint density at radius 3 is 2.42 bits per heavy atom. The zero-order chi connectivity index (χ0) is 9.61. The molecule has 0 spiro atoms. The third-order valence-electron chi connectivity index (χ3n) is 1.80. The fourth-order valence-electron chi connectivity index (χ4n) is 1.11. The molecule has 0 atom stereocenters. The topological polar surface area (TPSA) is 32.7 Å². The maximum atomic E-state index is 9.01. The number of nitrogens with zero attached hydrogens (tertiary/aromatic N) is 1. The van der Waals surface area contributed by atoms with Crippen LogP contribution in [0.2, 0.25) is 0 Å². The van der Waals surface area contributed by atoms with Gasteiger partial charge < -0.3 is 14.7 Å². The van der Waals surface area contributed by atoms with Gasteiger partial charge in [-0.25, -0.2) is 0 Å². The van der Waals surface area contributed by atoms with Crippen molar-refractivity contribution < 1.29 is 9.84 Å². The molecule has 0 aliphatic rings. The molecule has 74 valence electrons. The molecule has 0 aliphatic heterocycles. The molecule has 1 N–H and O–H groups in total. The minimum absolute atomic E-state index is 0.0114. The monoisotopic (exact) mass is 175 g/mol. The van der Waals surface area contributed by atoms with Crippen LogP contribution in [0.3, 0.4) is 0 Å². The van der Waals surface area contributed by atoms with Crippen molar-refractivity contribution >= 4 is 0 Å². The first-order valence-electron chi connectivity index (χ1n) is 4.30. The van der Waals surface area contributed by atoms with Gasteiger partial charge in [-0.3, -0.25) is 0 Å². The van der Waals surface area contributed by atoms with Gasteiger partial charge in [0.25, 0.3) is 0 Å². The molecule has 3 heteroatoms. The van der Waals surface area contributed by atoms with Crippen LogP contribution in [0, 0.1) is 5.41 Å². The van der Waals surface area contributed by atoms with Crippen molar-refractivity contribution in [2.75, 3.05) is 40.5 Å². The molecule has 0 radical (unpaired) electrons. The summed E-state index contributed by atoms with van der Waals surface area (Å²) in [7, 11) is 3.74. The first-order valence-corrected chi connectivity index (χ1v) is 4.30. The Bertz CT molecular complexity index is 115. The largest absolute Gasteiger partial charge is 0.396 e. The van der Waals surface area contributed by atoms with Gasteiger partial charge in [0.15, 0.2) is 0 Å². The zero-order valence-corrected chi connectivity index (χ0v) is 8.63. The SMILES string of the molecule is COCCN(C)CC(C)(C)CO. The summed E-state index contributed by atoms with van der Waals surface area (Å²) in [5.74, 6) is 0. The van der Waals surface area contributed by atoms with Crippen molar-refractivity contribution in [2.45, 2.75) is 13.8 Å². The highest BCUT2D eigenvalue weighted by Gasteiger charge is 2.18. The summed E-state index contributed by atoms with van der Waals surface area (Å²) in [6, 6.07) is 0. The predicted octanol–water partition coefficient (Wildman–Crippen LogP) is 0.583. The summed E-state index contributed by atoms with van der Waals surface area (Å²) in [4.78, 5) is 2.17. The highest BCUT2D eigenvalue weighted by molar-refractivity contribution is 4.70. The van der Waals surface area contributed by atoms with Crippen molar-refractivity contribution in [1.29, 1.82) is 0 Å². The average molecular weight is 175 g/mol. The fourth-order valence-corrected chi connectivity index (χ4v) is 1.11. The average Bonchev–Trinajstić information content (AvgIpc) is 2.00. The molecule has 0 aromatic carbocycles. The molecular weight excluding hydrogens is 154 g/mol. The highest BCUT2D eigenvalue weighted by Crippen LogP contribution is 2.14. The van der Waals surface area contributed by atoms with Crippen LogP contribution < -0.4 is 0 Å². The van der Waals surface area contributed by atoms with Crippen molar-refractivity contribution in [3.63, 3.8) is 0 Å². The number of hydrogen-bond donors (Lipinski definition) is 1. The number of aliphatic hydroxyl groups is 1. The fraction of sp³-hybridized carbons (Fsp3) is 1.00. The van der Waals surface area contributed by atoms with Gasteiger partial charge in [0.05, 0.1) is 6.61 Å². The Kier molecular flexibility index (Phi) is 5.46. The molecule has 12 heavy (non-hydrogen) atoms. The van der Waals surface area contributed by atoms with E-state index < -0.39 is 0 Å². The maximum Gasteiger partial charge on any atom is 0.0589 e. The second-order valence-electron chi connectivity index (χ2n) is 4.05. The molecule has 0 rings (SSSR count). The summed E-state index contributed by atoms with van der Waals surface area (Å²) in [6.45, 7) is 6.89. The van der Waals surface area contributed by atoms with E-state index >= 15 is 0 Å². The van der Waals surface area contributed by atoms with E-state index in [9.17, 15) is 0 Å². The third kappa shape index (κ3) is 5.52. The second-order valence-corrected chi connectivity index (χ2v) is 4.05. The summed E-state index contributed by atoms with van der Waals surface area (Å²) in [5, 5.41) is 9.01. The molecule has 0 heterocycles. The van der Waals surface area contributed by atoms with E-state index in [2.05, 4.69) is 18.7 Å². The molecule has 0 bridgehead atoms. The van der Waals surface area contributed by atoms with Gasteiger partial charge in [-0.1, -0.05) is 13.8 Å². The van der Waals surface area contributed by atoms with Crippen LogP contribution in [0.5, 0.6) is 0 Å². The summed E-state index contributed by atoms with van der Waals surface area (Å²) in [6.07, 6.45) is 0. The Balaban J connectivity index is 3.60. The van der Waals surface area contributed by atoms with Crippen LogP contribution in [-0.4, -0.2) is 50.5 Å². The third-order valence-corrected chi connectivity index (χ3v) is 1.80. The van der Waals surface area contributed by atoms with E-state index in [0.717, 1.165) is 19.7 Å². The van der Waals surface area contributed by atoms with Crippen LogP contribution in [0.15, 0.2) is 0 Å². The van der Waals surface area contributed by atoms with Gasteiger partial charge in [-0.05, 0) is 7.05 Å². The molecule has 3 nitrogen and oxygen atoms in total. The van der Waals surface area contributed by atoms with Gasteiger partial charge in [0.1, 0.15) is 0 Å². The van der Waals surface area contributed by atoms with Crippen LogP contribution in [0.25, 0.3) is 0 Å². The van der Waals surface area contributed by atoms with Gasteiger partial charge in [0, 0.05) is 32.2 Å². The number of rotatable bonds is 6. The van der Waals surface area contributed by atoms with E-state index in [-0.39, 0.29) is 12.0 Å². The zero-order valence-electron chi connectivity index (χ0n) is 8.63. The van der Waals surface area contributed by atoms with E-state index in [0.29, 0.717) is 0 Å². The van der Waals surface area contributed by atoms with Crippen LogP contribution in [-0.2, 0) is 4.74 Å². The Morgan fingerprint density at radius 1 is 1.42 bits per heavy atom. The quantitative estimate of drug-likeness (QED) is 0.641. The normalized spacial score (nSPS) is 12.5. The summed E-state index contributed by atoms with van der Waals surface area (Å²) < 4.78 is 4.96. The standard InChI is InChI=1S/C9H21NO2/c1-9(2,8-11)7-10(3)5-6-12-4/h11H,5-8H2,1-4H3. The number of methoxy groups -OCH3 is 1. The lowest BCUT2D eigenvalue weighted by molar-refractivity contribution is 0.0956. The second kappa shape index (κ2) is 5.51. The van der Waals surface area contributed by atoms with Gasteiger partial charge in [-0.2, -0.15) is 0 Å². The first kappa shape index (κ1) is 11.9. The lowest BCUT2D eigenvalue weighted by atomic mass is 9.94. The van der Waals surface area contributed by atoms with Crippen molar-refractivity contribution in [2.24, 2.45) is 5.41 Å². The molecule has 0 unspecified atom stereocenters. The van der Waals surface area contributed by atoms with Crippen LogP contribution in [0.4, 0.5) is 0 Å². The van der Waals surface area contributed by atoms with Gasteiger partial charge in [-0.15, -0.1) is 0 Å². The first-order chi connectivity index (χ1) is 5.52. The Hall–Kier alpha value is -0.120. The number of aliphatic hydroxyl groups excluding tert-OH is 1. The smallest absolute Gasteiger partial charge is 0.0589 e. The molecular formula is C9H21NO2. The van der Waals surface area contributed by atoms with E-state index in [1.807, 2.05) is 7.05 Å². The maximum absolute atomic E-state index is 9.01. The van der Waals surface area contributed by atoms with E-state index in [1.54, 1.807) is 7.11 Å². The van der Waals surface area contributed by atoms with Gasteiger partial charge in [0.2, 0.25) is 0 Å². The molecule has 0 aromatic rings. The lowest BCUT2D eigenvalue weighted by Gasteiger charge is -2.28. The summed E-state index contributed by atoms with van der Waals surface area (Å²) >= 11 is 0. The molecule has 0 saturated heterocycles. The molecule has 0 aliphatic carbocycles. The molecule has 0 aromatic heterocycles. The summed E-state index contributed by atoms with van der Waals surface area (Å²) in [5.41, 5.74) is -0.0114. The Morgan fingerprint density at radius 2 is 2.00 bits per heavy atom. The highest BCUT2D eigenvalue weighted by atomic mass is 16.5. The minimum Gasteiger partial charge on any atom is -0.396 e. The molecule has 0 saturated carbocycles. The number of ether oxygens (including phenoxy) is 1. The number of likely N-dealkylation sites (N-methyl/N-ethyl adjacent to an activating group) is 1.